The summed E-state index contributed by atoms with van der Waals surface area (Å²) in [5.74, 6) is 0.959. The maximum absolute atomic E-state index is 11.3. The quantitative estimate of drug-likeness (QED) is 0.777. The van der Waals surface area contributed by atoms with Crippen LogP contribution >= 0.6 is 0 Å². The average molecular weight is 222 g/mol. The Kier molecular flexibility index (Phi) is 4.76. The van der Waals surface area contributed by atoms with Crippen LogP contribution in [0, 0.1) is 5.92 Å². The number of pyridine rings is 1. The van der Waals surface area contributed by atoms with E-state index in [0.717, 1.165) is 13.0 Å². The highest BCUT2D eigenvalue weighted by Gasteiger charge is 2.06. The van der Waals surface area contributed by atoms with Crippen molar-refractivity contribution in [3.05, 3.63) is 23.9 Å². The monoisotopic (exact) mass is 222 g/mol. The van der Waals surface area contributed by atoms with Crippen LogP contribution in [0.3, 0.4) is 0 Å². The van der Waals surface area contributed by atoms with Crippen LogP contribution in [0.1, 0.15) is 30.6 Å². The van der Waals surface area contributed by atoms with Gasteiger partial charge in [-0.2, -0.15) is 0 Å². The lowest BCUT2D eigenvalue weighted by Gasteiger charge is -2.10. The van der Waals surface area contributed by atoms with Gasteiger partial charge in [0.15, 0.2) is 0 Å². The second kappa shape index (κ2) is 6.10. The highest BCUT2D eigenvalue weighted by molar-refractivity contribution is 5.89. The molecule has 1 aromatic heterocycles. The van der Waals surface area contributed by atoms with Crippen molar-refractivity contribution in [2.24, 2.45) is 5.92 Å². The molecule has 1 rings (SSSR count). The minimum absolute atomic E-state index is 0.339. The number of esters is 1. The summed E-state index contributed by atoms with van der Waals surface area (Å²) in [5.41, 5.74) is 0.518. The largest absolute Gasteiger partial charge is 0.465 e. The number of carbonyl (C=O) groups is 1. The zero-order chi connectivity index (χ0) is 12.0. The lowest BCUT2D eigenvalue weighted by atomic mass is 10.1. The molecule has 16 heavy (non-hydrogen) atoms. The van der Waals surface area contributed by atoms with E-state index in [1.807, 2.05) is 0 Å². The molecule has 1 N–H and O–H groups in total. The molecule has 0 saturated heterocycles. The number of nitrogens with zero attached hydrogens (tertiary/aromatic N) is 1. The van der Waals surface area contributed by atoms with Gasteiger partial charge >= 0.3 is 5.97 Å². The van der Waals surface area contributed by atoms with Gasteiger partial charge in [-0.05, 0) is 18.1 Å². The topological polar surface area (TPSA) is 51.2 Å². The summed E-state index contributed by atoms with van der Waals surface area (Å²) >= 11 is 0. The second-order valence-corrected chi connectivity index (χ2v) is 3.82. The number of ether oxygens (including phenoxy) is 1. The molecule has 1 unspecified atom stereocenters. The molecule has 0 aliphatic carbocycles. The van der Waals surface area contributed by atoms with E-state index in [4.69, 9.17) is 0 Å². The number of anilines is 1. The molecule has 4 heteroatoms. The van der Waals surface area contributed by atoms with Crippen LogP contribution in [0.5, 0.6) is 0 Å². The smallest absolute Gasteiger partial charge is 0.338 e. The van der Waals surface area contributed by atoms with E-state index in [9.17, 15) is 4.79 Å². The Bertz CT molecular complexity index is 353. The third-order valence-corrected chi connectivity index (χ3v) is 2.51. The predicted molar refractivity (Wildman–Crippen MR) is 63.5 cm³/mol. The molecule has 0 spiro atoms. The van der Waals surface area contributed by atoms with Gasteiger partial charge in [0.2, 0.25) is 0 Å². The Hall–Kier alpha value is -1.58. The molecule has 1 aromatic rings. The van der Waals surface area contributed by atoms with Crippen molar-refractivity contribution in [1.29, 1.82) is 0 Å². The Morgan fingerprint density at radius 1 is 1.62 bits per heavy atom. The van der Waals surface area contributed by atoms with Gasteiger partial charge in [0.1, 0.15) is 5.82 Å². The van der Waals surface area contributed by atoms with Crippen LogP contribution in [-0.4, -0.2) is 24.6 Å². The van der Waals surface area contributed by atoms with Gasteiger partial charge in [0.05, 0.1) is 12.7 Å². The molecule has 0 aliphatic heterocycles. The zero-order valence-corrected chi connectivity index (χ0v) is 9.99. The van der Waals surface area contributed by atoms with Crippen LogP contribution in [0.4, 0.5) is 5.82 Å². The van der Waals surface area contributed by atoms with Crippen molar-refractivity contribution < 1.29 is 9.53 Å². The molecule has 1 heterocycles. The molecule has 0 aliphatic rings. The molecule has 4 nitrogen and oxygen atoms in total. The van der Waals surface area contributed by atoms with Gasteiger partial charge in [0.25, 0.3) is 0 Å². The highest BCUT2D eigenvalue weighted by Crippen LogP contribution is 2.09. The number of nitrogens with one attached hydrogen (secondary N) is 1. The van der Waals surface area contributed by atoms with Crippen molar-refractivity contribution >= 4 is 11.8 Å². The molecular weight excluding hydrogens is 204 g/mol. The fourth-order valence-electron chi connectivity index (χ4n) is 1.20. The Morgan fingerprint density at radius 3 is 3.00 bits per heavy atom. The summed E-state index contributed by atoms with van der Waals surface area (Å²) < 4.78 is 4.64. The first kappa shape index (κ1) is 12.5. The number of hydrogen-bond donors (Lipinski definition) is 1. The van der Waals surface area contributed by atoms with Crippen LogP contribution in [-0.2, 0) is 4.74 Å². The molecule has 0 fully saturated rings. The standard InChI is InChI=1S/C12H18N2O2/c1-4-9(2)8-14-11-7-10(5-6-13-11)12(15)16-3/h5-7,9H,4,8H2,1-3H3,(H,13,14). The molecular formula is C12H18N2O2. The Balaban J connectivity index is 2.64. The zero-order valence-electron chi connectivity index (χ0n) is 9.99. The fourth-order valence-corrected chi connectivity index (χ4v) is 1.20. The van der Waals surface area contributed by atoms with Crippen molar-refractivity contribution in [2.45, 2.75) is 20.3 Å². The third kappa shape index (κ3) is 3.53. The van der Waals surface area contributed by atoms with E-state index < -0.39 is 0 Å². The average Bonchev–Trinajstić information content (AvgIpc) is 2.35. The van der Waals surface area contributed by atoms with E-state index in [2.05, 4.69) is 28.9 Å². The number of methoxy groups -OCH3 is 1. The van der Waals surface area contributed by atoms with Crippen LogP contribution in [0.25, 0.3) is 0 Å². The second-order valence-electron chi connectivity index (χ2n) is 3.82. The van der Waals surface area contributed by atoms with Crippen LogP contribution in [0.2, 0.25) is 0 Å². The molecule has 0 saturated carbocycles. The molecule has 0 amide bonds. The van der Waals surface area contributed by atoms with Crippen LogP contribution < -0.4 is 5.32 Å². The molecule has 1 atom stereocenters. The van der Waals surface area contributed by atoms with E-state index >= 15 is 0 Å². The predicted octanol–water partition coefficient (Wildman–Crippen LogP) is 2.33. The maximum atomic E-state index is 11.3. The van der Waals surface area contributed by atoms with Crippen molar-refractivity contribution in [1.82, 2.24) is 4.98 Å². The molecule has 0 aromatic carbocycles. The van der Waals surface area contributed by atoms with Crippen molar-refractivity contribution in [3.63, 3.8) is 0 Å². The minimum Gasteiger partial charge on any atom is -0.465 e. The Labute approximate surface area is 96.0 Å². The van der Waals surface area contributed by atoms with Gasteiger partial charge in [-0.3, -0.25) is 0 Å². The molecule has 0 radical (unpaired) electrons. The van der Waals surface area contributed by atoms with Gasteiger partial charge < -0.3 is 10.1 Å². The number of hydrogen-bond acceptors (Lipinski definition) is 4. The third-order valence-electron chi connectivity index (χ3n) is 2.51. The van der Waals surface area contributed by atoms with Crippen molar-refractivity contribution in [2.75, 3.05) is 19.0 Å². The Morgan fingerprint density at radius 2 is 2.38 bits per heavy atom. The van der Waals surface area contributed by atoms with Gasteiger partial charge in [-0.25, -0.2) is 9.78 Å². The van der Waals surface area contributed by atoms with Gasteiger partial charge in [-0.1, -0.05) is 20.3 Å². The first-order valence-electron chi connectivity index (χ1n) is 5.45. The summed E-state index contributed by atoms with van der Waals surface area (Å²) in [6, 6.07) is 3.34. The number of aromatic nitrogens is 1. The maximum Gasteiger partial charge on any atom is 0.338 e. The van der Waals surface area contributed by atoms with Gasteiger partial charge in [0, 0.05) is 12.7 Å². The number of rotatable bonds is 5. The minimum atomic E-state index is -0.339. The molecule has 0 bridgehead atoms. The van der Waals surface area contributed by atoms with Crippen LogP contribution in [0.15, 0.2) is 18.3 Å². The SMILES string of the molecule is CCC(C)CNc1cc(C(=O)OC)ccn1. The summed E-state index contributed by atoms with van der Waals surface area (Å²) in [6.45, 7) is 5.16. The first-order chi connectivity index (χ1) is 7.67. The summed E-state index contributed by atoms with van der Waals surface area (Å²) in [6.07, 6.45) is 2.72. The lowest BCUT2D eigenvalue weighted by Crippen LogP contribution is -2.12. The molecule has 88 valence electrons. The first-order valence-corrected chi connectivity index (χ1v) is 5.45. The highest BCUT2D eigenvalue weighted by atomic mass is 16.5. The van der Waals surface area contributed by atoms with E-state index in [1.54, 1.807) is 18.3 Å². The van der Waals surface area contributed by atoms with E-state index in [-0.39, 0.29) is 5.97 Å². The van der Waals surface area contributed by atoms with Crippen molar-refractivity contribution in [3.8, 4) is 0 Å². The fraction of sp³-hybridized carbons (Fsp3) is 0.500. The van der Waals surface area contributed by atoms with Gasteiger partial charge in [-0.15, -0.1) is 0 Å². The number of carbonyl (C=O) groups excluding carboxylic acids is 1. The summed E-state index contributed by atoms with van der Waals surface area (Å²) in [4.78, 5) is 15.4. The van der Waals surface area contributed by atoms with E-state index in [1.165, 1.54) is 7.11 Å². The summed E-state index contributed by atoms with van der Waals surface area (Å²) in [7, 11) is 1.37. The van der Waals surface area contributed by atoms with E-state index in [0.29, 0.717) is 17.3 Å². The lowest BCUT2D eigenvalue weighted by molar-refractivity contribution is 0.0600. The normalized spacial score (nSPS) is 11.9. The summed E-state index contributed by atoms with van der Waals surface area (Å²) in [5, 5.41) is 3.20.